The van der Waals surface area contributed by atoms with E-state index in [0.29, 0.717) is 18.3 Å². The summed E-state index contributed by atoms with van der Waals surface area (Å²) in [5.41, 5.74) is -0.884. The first-order chi connectivity index (χ1) is 17.8. The van der Waals surface area contributed by atoms with E-state index >= 15 is 0 Å². The molecule has 0 heterocycles. The summed E-state index contributed by atoms with van der Waals surface area (Å²) in [5, 5.41) is 10.5. The van der Waals surface area contributed by atoms with Crippen molar-refractivity contribution in [2.24, 2.45) is 17.3 Å². The lowest BCUT2D eigenvalue weighted by molar-refractivity contribution is -0.191. The third kappa shape index (κ3) is 6.07. The van der Waals surface area contributed by atoms with E-state index in [1.807, 2.05) is 0 Å². The Hall–Kier alpha value is -2.70. The standard InChI is InChI=1S/C18H15S.C13H18F2O3/c1-4-10-16(11-5-1)19(17-12-6-2-7-13-17)18-14-8-3-9-15-18;14-10(15)11(16)18-7-12-2-8-1-9(3-12)5-13(17,4-8)6-12/h1-15H;8-10,17H,1-7H2/q+1;. The van der Waals surface area contributed by atoms with Crippen molar-refractivity contribution >= 4 is 16.9 Å². The Morgan fingerprint density at radius 1 is 0.811 bits per heavy atom. The second kappa shape index (κ2) is 11.0. The monoisotopic (exact) mass is 523 g/mol. The van der Waals surface area contributed by atoms with Crippen LogP contribution in [0.1, 0.15) is 38.5 Å². The number of hydrogen-bond donors (Lipinski definition) is 1. The average molecular weight is 524 g/mol. The van der Waals surface area contributed by atoms with Crippen molar-refractivity contribution in [3.8, 4) is 0 Å². The number of alkyl halides is 2. The Balaban J connectivity index is 0.000000152. The molecule has 4 saturated carbocycles. The third-order valence-corrected chi connectivity index (χ3v) is 10.0. The lowest BCUT2D eigenvalue weighted by Gasteiger charge is -2.59. The van der Waals surface area contributed by atoms with Crippen molar-refractivity contribution in [1.29, 1.82) is 0 Å². The summed E-state index contributed by atoms with van der Waals surface area (Å²) in [6.45, 7) is 0.0471. The van der Waals surface area contributed by atoms with Gasteiger partial charge in [-0.15, -0.1) is 0 Å². The third-order valence-electron chi connectivity index (χ3n) is 7.79. The first-order valence-corrected chi connectivity index (χ1v) is 14.1. The van der Waals surface area contributed by atoms with Crippen LogP contribution in [0.15, 0.2) is 106 Å². The van der Waals surface area contributed by atoms with Gasteiger partial charge in [0.2, 0.25) is 0 Å². The van der Waals surface area contributed by atoms with Crippen molar-refractivity contribution in [1.82, 2.24) is 0 Å². The van der Waals surface area contributed by atoms with Crippen LogP contribution in [0.2, 0.25) is 0 Å². The number of rotatable bonds is 6. The summed E-state index contributed by atoms with van der Waals surface area (Å²) < 4.78 is 29.0. The Labute approximate surface area is 220 Å². The molecule has 4 fully saturated rings. The molecule has 37 heavy (non-hydrogen) atoms. The average Bonchev–Trinajstić information content (AvgIpc) is 2.88. The molecule has 0 spiro atoms. The minimum absolute atomic E-state index is 0.0146. The van der Waals surface area contributed by atoms with E-state index in [4.69, 9.17) is 4.74 Å². The van der Waals surface area contributed by atoms with Crippen molar-refractivity contribution in [2.75, 3.05) is 6.61 Å². The molecule has 3 aromatic rings. The summed E-state index contributed by atoms with van der Waals surface area (Å²) in [6.07, 6.45) is 2.14. The quantitative estimate of drug-likeness (QED) is 0.282. The molecule has 4 aliphatic carbocycles. The highest BCUT2D eigenvalue weighted by Crippen LogP contribution is 2.61. The van der Waals surface area contributed by atoms with Gasteiger partial charge in [-0.2, -0.15) is 8.78 Å². The fourth-order valence-electron chi connectivity index (χ4n) is 6.94. The molecule has 0 amide bonds. The van der Waals surface area contributed by atoms with E-state index in [1.165, 1.54) is 14.7 Å². The Kier molecular flexibility index (Phi) is 7.68. The number of halogens is 2. The molecule has 2 unspecified atom stereocenters. The summed E-state index contributed by atoms with van der Waals surface area (Å²) >= 11 is 0. The molecule has 0 radical (unpaired) electrons. The molecule has 0 saturated heterocycles. The van der Waals surface area contributed by atoms with E-state index in [1.54, 1.807) is 0 Å². The minimum Gasteiger partial charge on any atom is -0.461 e. The zero-order valence-electron chi connectivity index (χ0n) is 20.8. The zero-order chi connectivity index (χ0) is 25.9. The van der Waals surface area contributed by atoms with Crippen LogP contribution in [-0.4, -0.2) is 29.7 Å². The molecule has 3 nitrogen and oxygen atoms in total. The molecule has 7 rings (SSSR count). The van der Waals surface area contributed by atoms with Crippen LogP contribution in [0, 0.1) is 17.3 Å². The van der Waals surface area contributed by atoms with Crippen LogP contribution in [0.3, 0.4) is 0 Å². The molecule has 3 aromatic carbocycles. The maximum Gasteiger partial charge on any atom is 0.373 e. The molecule has 0 aromatic heterocycles. The molecular formula is C31H33F2O3S+. The molecule has 1 N–H and O–H groups in total. The summed E-state index contributed by atoms with van der Waals surface area (Å²) in [5.74, 6) is -0.485. The van der Waals surface area contributed by atoms with Gasteiger partial charge in [-0.1, -0.05) is 54.6 Å². The topological polar surface area (TPSA) is 46.5 Å². The minimum atomic E-state index is -3.05. The van der Waals surface area contributed by atoms with Gasteiger partial charge < -0.3 is 9.84 Å². The van der Waals surface area contributed by atoms with Gasteiger partial charge in [0, 0.05) is 5.41 Å². The van der Waals surface area contributed by atoms with Gasteiger partial charge in [-0.25, -0.2) is 4.79 Å². The summed E-state index contributed by atoms with van der Waals surface area (Å²) in [7, 11) is -0.0146. The van der Waals surface area contributed by atoms with Crippen molar-refractivity contribution < 1.29 is 23.4 Å². The highest BCUT2D eigenvalue weighted by molar-refractivity contribution is 7.97. The number of carbonyl (C=O) groups is 1. The van der Waals surface area contributed by atoms with Gasteiger partial charge in [0.25, 0.3) is 0 Å². The number of ether oxygens (including phenoxy) is 1. The second-order valence-corrected chi connectivity index (χ2v) is 12.9. The van der Waals surface area contributed by atoms with Crippen LogP contribution in [0.25, 0.3) is 0 Å². The summed E-state index contributed by atoms with van der Waals surface area (Å²) in [4.78, 5) is 15.0. The van der Waals surface area contributed by atoms with Crippen LogP contribution in [0.5, 0.6) is 0 Å². The fraction of sp³-hybridized carbons (Fsp3) is 0.387. The number of aliphatic hydroxyl groups is 1. The van der Waals surface area contributed by atoms with Crippen molar-refractivity contribution in [2.45, 2.75) is 65.2 Å². The first-order valence-electron chi connectivity index (χ1n) is 12.9. The van der Waals surface area contributed by atoms with E-state index in [0.717, 1.165) is 32.1 Å². The van der Waals surface area contributed by atoms with Gasteiger partial charge >= 0.3 is 12.4 Å². The van der Waals surface area contributed by atoms with E-state index in [2.05, 4.69) is 91.0 Å². The predicted octanol–water partition coefficient (Wildman–Crippen LogP) is 6.91. The smallest absolute Gasteiger partial charge is 0.373 e. The van der Waals surface area contributed by atoms with E-state index < -0.39 is 18.0 Å². The first kappa shape index (κ1) is 25.9. The van der Waals surface area contributed by atoms with Crippen LogP contribution < -0.4 is 0 Å². The number of esters is 1. The maximum absolute atomic E-state index is 12.1. The Morgan fingerprint density at radius 2 is 1.24 bits per heavy atom. The van der Waals surface area contributed by atoms with Crippen molar-refractivity contribution in [3.05, 3.63) is 91.0 Å². The Morgan fingerprint density at radius 3 is 1.62 bits per heavy atom. The number of hydrogen-bond acceptors (Lipinski definition) is 3. The normalized spacial score (nSPS) is 27.6. The van der Waals surface area contributed by atoms with Gasteiger partial charge in [0.15, 0.2) is 14.7 Å². The molecule has 6 heteroatoms. The van der Waals surface area contributed by atoms with Gasteiger partial charge in [-0.05, 0) is 86.8 Å². The number of carbonyl (C=O) groups excluding carboxylic acids is 1. The zero-order valence-corrected chi connectivity index (χ0v) is 21.6. The van der Waals surface area contributed by atoms with Gasteiger partial charge in [0.05, 0.1) is 23.1 Å². The second-order valence-electron chi connectivity index (χ2n) is 10.8. The summed E-state index contributed by atoms with van der Waals surface area (Å²) in [6, 6.07) is 32.2. The van der Waals surface area contributed by atoms with E-state index in [-0.39, 0.29) is 22.9 Å². The highest BCUT2D eigenvalue weighted by atomic mass is 32.2. The van der Waals surface area contributed by atoms with Gasteiger partial charge in [-0.3, -0.25) is 0 Å². The Bertz CT molecular complexity index is 1060. The molecule has 4 bridgehead atoms. The largest absolute Gasteiger partial charge is 0.461 e. The molecule has 0 aliphatic heterocycles. The van der Waals surface area contributed by atoms with E-state index in [9.17, 15) is 18.7 Å². The van der Waals surface area contributed by atoms with Crippen LogP contribution in [-0.2, 0) is 20.4 Å². The van der Waals surface area contributed by atoms with Crippen LogP contribution in [0.4, 0.5) is 8.78 Å². The van der Waals surface area contributed by atoms with Crippen LogP contribution >= 0.6 is 0 Å². The molecular weight excluding hydrogens is 490 g/mol. The SMILES string of the molecule is O=C(OCC12CC3CC(CC(O)(C3)C1)C2)C(F)F.c1ccc([S+](c2ccccc2)c2ccccc2)cc1. The van der Waals surface area contributed by atoms with Crippen molar-refractivity contribution in [3.63, 3.8) is 0 Å². The molecule has 4 aliphatic rings. The molecule has 2 atom stereocenters. The predicted molar refractivity (Wildman–Crippen MR) is 141 cm³/mol. The number of benzene rings is 3. The lowest BCUT2D eigenvalue weighted by atomic mass is 9.48. The van der Waals surface area contributed by atoms with Gasteiger partial charge in [0.1, 0.15) is 0 Å². The highest BCUT2D eigenvalue weighted by Gasteiger charge is 2.57. The maximum atomic E-state index is 12.1. The lowest BCUT2D eigenvalue weighted by Crippen LogP contribution is -2.57. The fourth-order valence-corrected chi connectivity index (χ4v) is 9.04. The molecule has 194 valence electrons.